The SMILES string of the molecule is Brc1cc(-c2cccc3c2[nH]c2ccccc23)nc(-c2cccc3c2[nH]c2ccccc23)n1. The monoisotopic (exact) mass is 488 g/mol. The fourth-order valence-corrected chi connectivity index (χ4v) is 5.21. The van der Waals surface area contributed by atoms with Gasteiger partial charge in [-0.15, -0.1) is 0 Å². The second-order valence-electron chi connectivity index (χ2n) is 8.20. The fourth-order valence-electron chi connectivity index (χ4n) is 4.82. The summed E-state index contributed by atoms with van der Waals surface area (Å²) in [6, 6.07) is 31.4. The van der Waals surface area contributed by atoms with Gasteiger partial charge in [0.05, 0.1) is 16.7 Å². The summed E-state index contributed by atoms with van der Waals surface area (Å²) in [6.45, 7) is 0. The van der Waals surface area contributed by atoms with Crippen molar-refractivity contribution in [3.05, 3.63) is 95.6 Å². The van der Waals surface area contributed by atoms with Crippen LogP contribution in [0.2, 0.25) is 0 Å². The number of nitrogens with one attached hydrogen (secondary N) is 2. The molecule has 3 heterocycles. The van der Waals surface area contributed by atoms with E-state index in [-0.39, 0.29) is 0 Å². The molecule has 0 aliphatic heterocycles. The Hall–Kier alpha value is -3.96. The molecule has 0 aliphatic rings. The molecular formula is C28H17BrN4. The van der Waals surface area contributed by atoms with Gasteiger partial charge in [-0.3, -0.25) is 0 Å². The summed E-state index contributed by atoms with van der Waals surface area (Å²) < 4.78 is 0.753. The summed E-state index contributed by atoms with van der Waals surface area (Å²) in [5.41, 5.74) is 7.27. The van der Waals surface area contributed by atoms with Crippen molar-refractivity contribution in [2.45, 2.75) is 0 Å². The highest BCUT2D eigenvalue weighted by atomic mass is 79.9. The van der Waals surface area contributed by atoms with Crippen molar-refractivity contribution < 1.29 is 0 Å². The lowest BCUT2D eigenvalue weighted by Gasteiger charge is -2.08. The van der Waals surface area contributed by atoms with Crippen LogP contribution in [-0.4, -0.2) is 19.9 Å². The standard InChI is InChI=1S/C28H17BrN4/c29-25-15-24(20-11-5-9-18-16-7-1-3-13-22(16)30-26(18)20)32-28(33-25)21-12-6-10-19-17-8-2-4-14-23(17)31-27(19)21/h1-15,30-31H. The molecule has 33 heavy (non-hydrogen) atoms. The number of para-hydroxylation sites is 4. The topological polar surface area (TPSA) is 57.4 Å². The molecule has 0 spiro atoms. The third-order valence-electron chi connectivity index (χ3n) is 6.29. The number of aromatic nitrogens is 4. The molecule has 0 saturated heterocycles. The molecule has 4 aromatic carbocycles. The minimum atomic E-state index is 0.685. The van der Waals surface area contributed by atoms with E-state index in [1.807, 2.05) is 12.1 Å². The van der Waals surface area contributed by atoms with Gasteiger partial charge in [0.2, 0.25) is 0 Å². The molecule has 0 aliphatic carbocycles. The summed E-state index contributed by atoms with van der Waals surface area (Å²) in [5.74, 6) is 0.685. The van der Waals surface area contributed by atoms with Crippen LogP contribution >= 0.6 is 15.9 Å². The third-order valence-corrected chi connectivity index (χ3v) is 6.70. The molecule has 5 heteroatoms. The summed E-state index contributed by atoms with van der Waals surface area (Å²) in [6.07, 6.45) is 0. The number of hydrogen-bond acceptors (Lipinski definition) is 2. The predicted octanol–water partition coefficient (Wildman–Crippen LogP) is 7.84. The molecule has 0 bridgehead atoms. The Labute approximate surface area is 197 Å². The zero-order valence-electron chi connectivity index (χ0n) is 17.4. The van der Waals surface area contributed by atoms with Crippen molar-refractivity contribution in [2.24, 2.45) is 0 Å². The average Bonchev–Trinajstić information content (AvgIpc) is 3.42. The van der Waals surface area contributed by atoms with Crippen LogP contribution in [-0.2, 0) is 0 Å². The minimum Gasteiger partial charge on any atom is -0.354 e. The molecular weight excluding hydrogens is 472 g/mol. The summed E-state index contributed by atoms with van der Waals surface area (Å²) in [7, 11) is 0. The number of nitrogens with zero attached hydrogens (tertiary/aromatic N) is 2. The van der Waals surface area contributed by atoms with Crippen molar-refractivity contribution in [3.8, 4) is 22.6 Å². The zero-order chi connectivity index (χ0) is 21.9. The normalized spacial score (nSPS) is 11.8. The smallest absolute Gasteiger partial charge is 0.163 e. The Morgan fingerprint density at radius 1 is 0.545 bits per heavy atom. The molecule has 156 valence electrons. The van der Waals surface area contributed by atoms with Gasteiger partial charge in [0, 0.05) is 43.7 Å². The lowest BCUT2D eigenvalue weighted by molar-refractivity contribution is 1.16. The lowest BCUT2D eigenvalue weighted by atomic mass is 10.1. The van der Waals surface area contributed by atoms with Crippen molar-refractivity contribution in [1.82, 2.24) is 19.9 Å². The molecule has 2 N–H and O–H groups in total. The van der Waals surface area contributed by atoms with Crippen molar-refractivity contribution in [2.75, 3.05) is 0 Å². The van der Waals surface area contributed by atoms with Gasteiger partial charge < -0.3 is 9.97 Å². The number of benzene rings is 4. The lowest BCUT2D eigenvalue weighted by Crippen LogP contribution is -1.94. The Kier molecular flexibility index (Phi) is 3.96. The molecule has 0 unspecified atom stereocenters. The summed E-state index contributed by atoms with van der Waals surface area (Å²) >= 11 is 3.63. The maximum Gasteiger partial charge on any atom is 0.163 e. The van der Waals surface area contributed by atoms with Gasteiger partial charge in [0.1, 0.15) is 4.60 Å². The van der Waals surface area contributed by atoms with Crippen LogP contribution in [0.1, 0.15) is 0 Å². The minimum absolute atomic E-state index is 0.685. The predicted molar refractivity (Wildman–Crippen MR) is 139 cm³/mol. The highest BCUT2D eigenvalue weighted by molar-refractivity contribution is 9.10. The molecule has 3 aromatic heterocycles. The van der Waals surface area contributed by atoms with Gasteiger partial charge in [-0.05, 0) is 40.2 Å². The third kappa shape index (κ3) is 2.82. The van der Waals surface area contributed by atoms with E-state index in [9.17, 15) is 0 Å². The van der Waals surface area contributed by atoms with Crippen molar-refractivity contribution >= 4 is 59.5 Å². The summed E-state index contributed by atoms with van der Waals surface area (Å²) in [4.78, 5) is 16.9. The average molecular weight is 489 g/mol. The Morgan fingerprint density at radius 3 is 1.76 bits per heavy atom. The second-order valence-corrected chi connectivity index (χ2v) is 9.01. The van der Waals surface area contributed by atoms with Crippen LogP contribution in [0.4, 0.5) is 0 Å². The number of halogens is 1. The maximum atomic E-state index is 5.03. The highest BCUT2D eigenvalue weighted by Crippen LogP contribution is 2.36. The first-order valence-electron chi connectivity index (χ1n) is 10.8. The molecule has 0 radical (unpaired) electrons. The van der Waals surface area contributed by atoms with E-state index < -0.39 is 0 Å². The summed E-state index contributed by atoms with van der Waals surface area (Å²) in [5, 5.41) is 4.78. The van der Waals surface area contributed by atoms with Gasteiger partial charge in [-0.1, -0.05) is 66.7 Å². The van der Waals surface area contributed by atoms with E-state index in [1.54, 1.807) is 0 Å². The Bertz CT molecular complexity index is 1710. The van der Waals surface area contributed by atoms with Crippen LogP contribution in [0.25, 0.3) is 66.3 Å². The van der Waals surface area contributed by atoms with Gasteiger partial charge in [-0.2, -0.15) is 0 Å². The first kappa shape index (κ1) is 18.6. The fraction of sp³-hybridized carbons (Fsp3) is 0. The van der Waals surface area contributed by atoms with E-state index in [4.69, 9.17) is 9.97 Å². The molecule has 0 atom stereocenters. The van der Waals surface area contributed by atoms with Gasteiger partial charge in [-0.25, -0.2) is 9.97 Å². The molecule has 4 nitrogen and oxygen atoms in total. The van der Waals surface area contributed by atoms with Crippen LogP contribution < -0.4 is 0 Å². The molecule has 0 saturated carbocycles. The first-order valence-corrected chi connectivity index (χ1v) is 11.6. The maximum absolute atomic E-state index is 5.03. The van der Waals surface area contributed by atoms with E-state index in [1.165, 1.54) is 21.5 Å². The number of fused-ring (bicyclic) bond motifs is 6. The van der Waals surface area contributed by atoms with Crippen LogP contribution in [0.3, 0.4) is 0 Å². The Morgan fingerprint density at radius 2 is 1.09 bits per heavy atom. The van der Waals surface area contributed by atoms with Crippen LogP contribution in [0.5, 0.6) is 0 Å². The molecule has 0 fully saturated rings. The zero-order valence-corrected chi connectivity index (χ0v) is 19.0. The number of H-pyrrole nitrogens is 2. The molecule has 7 aromatic rings. The van der Waals surface area contributed by atoms with Gasteiger partial charge >= 0.3 is 0 Å². The highest BCUT2D eigenvalue weighted by Gasteiger charge is 2.16. The van der Waals surface area contributed by atoms with Crippen molar-refractivity contribution in [1.29, 1.82) is 0 Å². The second kappa shape index (κ2) is 7.02. The first-order chi connectivity index (χ1) is 16.3. The quantitative estimate of drug-likeness (QED) is 0.243. The van der Waals surface area contributed by atoms with Crippen LogP contribution in [0.15, 0.2) is 95.6 Å². The molecule has 0 amide bonds. The Balaban J connectivity index is 1.48. The van der Waals surface area contributed by atoms with Crippen LogP contribution in [0, 0.1) is 0 Å². The van der Waals surface area contributed by atoms with E-state index in [0.29, 0.717) is 5.82 Å². The van der Waals surface area contributed by atoms with Crippen molar-refractivity contribution in [3.63, 3.8) is 0 Å². The van der Waals surface area contributed by atoms with E-state index in [2.05, 4.69) is 105 Å². The molecule has 7 rings (SSSR count). The number of hydrogen-bond donors (Lipinski definition) is 2. The number of rotatable bonds is 2. The largest absolute Gasteiger partial charge is 0.354 e. The van der Waals surface area contributed by atoms with Gasteiger partial charge in [0.25, 0.3) is 0 Å². The van der Waals surface area contributed by atoms with E-state index in [0.717, 1.165) is 43.5 Å². The number of aromatic amines is 2. The van der Waals surface area contributed by atoms with E-state index >= 15 is 0 Å². The van der Waals surface area contributed by atoms with Gasteiger partial charge in [0.15, 0.2) is 5.82 Å².